The summed E-state index contributed by atoms with van der Waals surface area (Å²) < 4.78 is 4.40. The summed E-state index contributed by atoms with van der Waals surface area (Å²) in [6.45, 7) is 1.62. The predicted octanol–water partition coefficient (Wildman–Crippen LogP) is -0.607. The van der Waals surface area contributed by atoms with E-state index in [9.17, 15) is 9.59 Å². The fraction of sp³-hybridized carbons (Fsp3) is 0.556. The Labute approximate surface area is 83.7 Å². The minimum atomic E-state index is -0.179. The van der Waals surface area contributed by atoms with Crippen molar-refractivity contribution in [1.29, 1.82) is 0 Å². The van der Waals surface area contributed by atoms with Crippen molar-refractivity contribution in [2.75, 3.05) is 33.8 Å². The fourth-order valence-corrected chi connectivity index (χ4v) is 0.711. The molecule has 1 amide bonds. The Balaban J connectivity index is 3.45. The molecule has 80 valence electrons. The van der Waals surface area contributed by atoms with Crippen molar-refractivity contribution in [1.82, 2.24) is 10.2 Å². The summed E-state index contributed by atoms with van der Waals surface area (Å²) >= 11 is 0. The molecule has 0 saturated heterocycles. The van der Waals surface area contributed by atoms with Crippen LogP contribution in [0, 0.1) is 0 Å². The van der Waals surface area contributed by atoms with Gasteiger partial charge in [-0.3, -0.25) is 9.59 Å². The van der Waals surface area contributed by atoms with Crippen LogP contribution in [0.25, 0.3) is 0 Å². The zero-order chi connectivity index (χ0) is 10.8. The van der Waals surface area contributed by atoms with Gasteiger partial charge in [-0.05, 0) is 14.1 Å². The van der Waals surface area contributed by atoms with Gasteiger partial charge in [0, 0.05) is 12.6 Å². The Morgan fingerprint density at radius 2 is 2.21 bits per heavy atom. The van der Waals surface area contributed by atoms with Gasteiger partial charge in [-0.1, -0.05) is 6.08 Å². The molecule has 14 heavy (non-hydrogen) atoms. The van der Waals surface area contributed by atoms with E-state index in [1.165, 1.54) is 6.08 Å². The number of likely N-dealkylation sites (N-methyl/N-ethyl adjacent to an activating group) is 1. The van der Waals surface area contributed by atoms with Crippen molar-refractivity contribution in [3.8, 4) is 0 Å². The van der Waals surface area contributed by atoms with E-state index < -0.39 is 0 Å². The van der Waals surface area contributed by atoms with Crippen molar-refractivity contribution in [2.45, 2.75) is 0 Å². The summed E-state index contributed by atoms with van der Waals surface area (Å²) in [7, 11) is 3.83. The van der Waals surface area contributed by atoms with E-state index in [2.05, 4.69) is 10.1 Å². The van der Waals surface area contributed by atoms with Crippen LogP contribution in [0.3, 0.4) is 0 Å². The molecule has 0 heterocycles. The van der Waals surface area contributed by atoms with E-state index in [0.717, 1.165) is 6.54 Å². The lowest BCUT2D eigenvalue weighted by Crippen LogP contribution is -2.25. The molecule has 5 nitrogen and oxygen atoms in total. The number of nitrogens with one attached hydrogen (secondary N) is 1. The summed E-state index contributed by atoms with van der Waals surface area (Å²) in [5.41, 5.74) is 0. The highest BCUT2D eigenvalue weighted by Gasteiger charge is 1.93. The van der Waals surface area contributed by atoms with Crippen molar-refractivity contribution < 1.29 is 14.3 Å². The Hall–Kier alpha value is -1.36. The van der Waals surface area contributed by atoms with Crippen LogP contribution in [0.1, 0.15) is 0 Å². The standard InChI is InChI=1S/C9H16N2O3/c1-11(2)6-3-4-9(13)10-5-7-14-8-12/h3-4,8H,5-7H2,1-2H3,(H,10,13)/b4-3+. The predicted molar refractivity (Wildman–Crippen MR) is 52.7 cm³/mol. The molecule has 0 fully saturated rings. The zero-order valence-corrected chi connectivity index (χ0v) is 8.53. The van der Waals surface area contributed by atoms with Crippen LogP contribution in [0.2, 0.25) is 0 Å². The molecule has 0 aromatic rings. The van der Waals surface area contributed by atoms with Gasteiger partial charge in [0.2, 0.25) is 5.91 Å². The van der Waals surface area contributed by atoms with E-state index in [1.807, 2.05) is 19.0 Å². The highest BCUT2D eigenvalue weighted by molar-refractivity contribution is 5.87. The first-order chi connectivity index (χ1) is 6.66. The van der Waals surface area contributed by atoms with Crippen LogP contribution in [-0.4, -0.2) is 51.1 Å². The minimum absolute atomic E-state index is 0.179. The van der Waals surface area contributed by atoms with Gasteiger partial charge in [0.25, 0.3) is 6.47 Å². The monoisotopic (exact) mass is 200 g/mol. The first kappa shape index (κ1) is 12.6. The van der Waals surface area contributed by atoms with Crippen LogP contribution in [0.5, 0.6) is 0 Å². The molecule has 0 saturated carbocycles. The van der Waals surface area contributed by atoms with Gasteiger partial charge in [-0.25, -0.2) is 0 Å². The van der Waals surface area contributed by atoms with Crippen LogP contribution >= 0.6 is 0 Å². The fourth-order valence-electron chi connectivity index (χ4n) is 0.711. The molecular formula is C9H16N2O3. The Morgan fingerprint density at radius 3 is 2.79 bits per heavy atom. The van der Waals surface area contributed by atoms with Gasteiger partial charge in [0.15, 0.2) is 0 Å². The van der Waals surface area contributed by atoms with Gasteiger partial charge in [0.1, 0.15) is 6.61 Å². The van der Waals surface area contributed by atoms with Gasteiger partial charge >= 0.3 is 0 Å². The molecule has 0 aliphatic carbocycles. The average molecular weight is 200 g/mol. The second-order valence-electron chi connectivity index (χ2n) is 2.92. The third-order valence-corrected chi connectivity index (χ3v) is 1.33. The third-order valence-electron chi connectivity index (χ3n) is 1.33. The second-order valence-corrected chi connectivity index (χ2v) is 2.92. The molecule has 0 unspecified atom stereocenters. The lowest BCUT2D eigenvalue weighted by atomic mass is 10.4. The highest BCUT2D eigenvalue weighted by Crippen LogP contribution is 1.78. The Kier molecular flexibility index (Phi) is 7.45. The number of hydrogen-bond acceptors (Lipinski definition) is 4. The van der Waals surface area contributed by atoms with E-state index in [1.54, 1.807) is 6.08 Å². The van der Waals surface area contributed by atoms with E-state index in [0.29, 0.717) is 13.0 Å². The highest BCUT2D eigenvalue weighted by atomic mass is 16.5. The van der Waals surface area contributed by atoms with Crippen molar-refractivity contribution in [3.05, 3.63) is 12.2 Å². The molecule has 1 N–H and O–H groups in total. The number of carbonyl (C=O) groups excluding carboxylic acids is 2. The molecule has 0 bridgehead atoms. The quantitative estimate of drug-likeness (QED) is 0.338. The summed E-state index contributed by atoms with van der Waals surface area (Å²) in [6, 6.07) is 0. The molecule has 0 radical (unpaired) electrons. The lowest BCUT2D eigenvalue weighted by molar-refractivity contribution is -0.129. The number of carbonyl (C=O) groups is 2. The number of amides is 1. The second kappa shape index (κ2) is 8.25. The van der Waals surface area contributed by atoms with Crippen LogP contribution in [0.4, 0.5) is 0 Å². The smallest absolute Gasteiger partial charge is 0.293 e. The van der Waals surface area contributed by atoms with Gasteiger partial charge in [0.05, 0.1) is 6.54 Å². The Bertz CT molecular complexity index is 202. The number of rotatable bonds is 7. The van der Waals surface area contributed by atoms with Crippen LogP contribution in [-0.2, 0) is 14.3 Å². The zero-order valence-electron chi connectivity index (χ0n) is 8.53. The number of hydrogen-bond donors (Lipinski definition) is 1. The van der Waals surface area contributed by atoms with Crippen molar-refractivity contribution in [2.24, 2.45) is 0 Å². The molecule has 0 aliphatic rings. The normalized spacial score (nSPS) is 10.5. The number of ether oxygens (including phenoxy) is 1. The molecule has 0 atom stereocenters. The molecule has 0 aromatic carbocycles. The van der Waals surface area contributed by atoms with E-state index in [-0.39, 0.29) is 12.5 Å². The SMILES string of the molecule is CN(C)C/C=C/C(=O)NCCOC=O. The molecular weight excluding hydrogens is 184 g/mol. The third kappa shape index (κ3) is 8.73. The van der Waals surface area contributed by atoms with Crippen LogP contribution in [0.15, 0.2) is 12.2 Å². The minimum Gasteiger partial charge on any atom is -0.466 e. The Morgan fingerprint density at radius 1 is 1.50 bits per heavy atom. The molecule has 0 spiro atoms. The van der Waals surface area contributed by atoms with E-state index >= 15 is 0 Å². The maximum atomic E-state index is 11.0. The largest absolute Gasteiger partial charge is 0.466 e. The summed E-state index contributed by atoms with van der Waals surface area (Å²) in [5, 5.41) is 2.56. The van der Waals surface area contributed by atoms with Gasteiger partial charge < -0.3 is 15.0 Å². The van der Waals surface area contributed by atoms with Crippen LogP contribution < -0.4 is 5.32 Å². The molecule has 0 aliphatic heterocycles. The van der Waals surface area contributed by atoms with Gasteiger partial charge in [-0.15, -0.1) is 0 Å². The summed E-state index contributed by atoms with van der Waals surface area (Å²) in [6.07, 6.45) is 3.22. The molecule has 5 heteroatoms. The summed E-state index contributed by atoms with van der Waals surface area (Å²) in [4.78, 5) is 22.7. The molecule has 0 aromatic heterocycles. The lowest BCUT2D eigenvalue weighted by Gasteiger charge is -2.04. The average Bonchev–Trinajstić information content (AvgIpc) is 2.12. The first-order valence-electron chi connectivity index (χ1n) is 4.31. The van der Waals surface area contributed by atoms with Crippen molar-refractivity contribution >= 4 is 12.4 Å². The maximum Gasteiger partial charge on any atom is 0.293 e. The summed E-state index contributed by atoms with van der Waals surface area (Å²) in [5.74, 6) is -0.179. The number of nitrogens with zero attached hydrogens (tertiary/aromatic N) is 1. The maximum absolute atomic E-state index is 11.0. The van der Waals surface area contributed by atoms with E-state index in [4.69, 9.17) is 0 Å². The molecule has 0 rings (SSSR count). The topological polar surface area (TPSA) is 58.6 Å². The first-order valence-corrected chi connectivity index (χ1v) is 4.31. The van der Waals surface area contributed by atoms with Gasteiger partial charge in [-0.2, -0.15) is 0 Å². The van der Waals surface area contributed by atoms with Crippen molar-refractivity contribution in [3.63, 3.8) is 0 Å².